The average Bonchev–Trinajstić information content (AvgIpc) is 2.67. The van der Waals surface area contributed by atoms with Gasteiger partial charge in [0, 0.05) is 25.3 Å². The minimum absolute atomic E-state index is 0.0324. The van der Waals surface area contributed by atoms with Crippen molar-refractivity contribution in [1.82, 2.24) is 4.31 Å². The van der Waals surface area contributed by atoms with Crippen LogP contribution < -0.4 is 19.5 Å². The van der Waals surface area contributed by atoms with Gasteiger partial charge >= 0.3 is 0 Å². The van der Waals surface area contributed by atoms with Gasteiger partial charge in [-0.15, -0.1) is 0 Å². The van der Waals surface area contributed by atoms with Crippen LogP contribution in [0.2, 0.25) is 0 Å². The van der Waals surface area contributed by atoms with Crippen LogP contribution in [0.4, 0.5) is 5.69 Å². The Morgan fingerprint density at radius 1 is 1.07 bits per heavy atom. The Bertz CT molecular complexity index is 972. The predicted octanol–water partition coefficient (Wildman–Crippen LogP) is 1.97. The molecule has 0 saturated carbocycles. The van der Waals surface area contributed by atoms with Crippen LogP contribution in [0.5, 0.6) is 17.2 Å². The molecule has 1 N–H and O–H groups in total. The van der Waals surface area contributed by atoms with Gasteiger partial charge in [-0.1, -0.05) is 0 Å². The zero-order valence-electron chi connectivity index (χ0n) is 15.2. The van der Waals surface area contributed by atoms with Crippen molar-refractivity contribution in [3.63, 3.8) is 0 Å². The molecule has 0 aliphatic carbocycles. The summed E-state index contributed by atoms with van der Waals surface area (Å²) in [5.74, 6) is 0.882. The van der Waals surface area contributed by atoms with Crippen LogP contribution >= 0.6 is 0 Å². The van der Waals surface area contributed by atoms with Crippen molar-refractivity contribution >= 4 is 21.6 Å². The van der Waals surface area contributed by atoms with Crippen LogP contribution in [0.15, 0.2) is 41.3 Å². The van der Waals surface area contributed by atoms with Gasteiger partial charge in [-0.2, -0.15) is 0 Å². The van der Waals surface area contributed by atoms with Crippen LogP contribution in [0.1, 0.15) is 10.4 Å². The van der Waals surface area contributed by atoms with Crippen molar-refractivity contribution in [1.29, 1.82) is 0 Å². The molecule has 27 heavy (non-hydrogen) atoms. The van der Waals surface area contributed by atoms with Gasteiger partial charge in [-0.3, -0.25) is 4.79 Å². The average molecular weight is 392 g/mol. The summed E-state index contributed by atoms with van der Waals surface area (Å²) in [5.41, 5.74) is 0.697. The molecular formula is C18H20N2O6S. The second kappa shape index (κ2) is 7.45. The van der Waals surface area contributed by atoms with Crippen LogP contribution in [0, 0.1) is 0 Å². The first kappa shape index (κ1) is 19.0. The molecule has 1 aliphatic heterocycles. The molecule has 0 saturated heterocycles. The number of hydrogen-bond acceptors (Lipinski definition) is 6. The maximum Gasteiger partial charge on any atom is 0.255 e. The van der Waals surface area contributed by atoms with E-state index in [2.05, 4.69) is 5.32 Å². The Morgan fingerprint density at radius 2 is 1.78 bits per heavy atom. The van der Waals surface area contributed by atoms with Crippen molar-refractivity contribution in [3.05, 3.63) is 42.0 Å². The molecule has 0 radical (unpaired) electrons. The molecule has 0 spiro atoms. The summed E-state index contributed by atoms with van der Waals surface area (Å²) in [4.78, 5) is 12.5. The Labute approximate surface area is 157 Å². The van der Waals surface area contributed by atoms with E-state index in [1.807, 2.05) is 0 Å². The van der Waals surface area contributed by atoms with E-state index < -0.39 is 15.9 Å². The molecule has 1 amide bonds. The SMILES string of the molecule is COc1ccc(NC(=O)c2ccc3c(c2)OCCO3)cc1S(=O)(=O)N(C)C. The van der Waals surface area contributed by atoms with Gasteiger partial charge in [0.05, 0.1) is 7.11 Å². The number of methoxy groups -OCH3 is 1. The van der Waals surface area contributed by atoms with Crippen molar-refractivity contribution < 1.29 is 27.4 Å². The molecular weight excluding hydrogens is 372 g/mol. The number of fused-ring (bicyclic) bond motifs is 1. The van der Waals surface area contributed by atoms with E-state index in [1.54, 1.807) is 24.3 Å². The molecule has 0 unspecified atom stereocenters. The van der Waals surface area contributed by atoms with Gasteiger partial charge < -0.3 is 19.5 Å². The first-order valence-corrected chi connectivity index (χ1v) is 9.58. The number of nitrogens with one attached hydrogen (secondary N) is 1. The standard InChI is InChI=1S/C18H20N2O6S/c1-20(2)27(22,23)17-11-13(5-7-15(17)24-3)19-18(21)12-4-6-14-16(10-12)26-9-8-25-14/h4-7,10-11H,8-9H2,1-3H3,(H,19,21). The molecule has 2 aromatic rings. The van der Waals surface area contributed by atoms with Crippen LogP contribution in [-0.4, -0.2) is 53.0 Å². The number of carbonyl (C=O) groups is 1. The molecule has 0 atom stereocenters. The number of nitrogens with zero attached hydrogens (tertiary/aromatic N) is 1. The van der Waals surface area contributed by atoms with Crippen molar-refractivity contribution in [2.75, 3.05) is 39.7 Å². The van der Waals surface area contributed by atoms with Crippen LogP contribution in [0.3, 0.4) is 0 Å². The molecule has 3 rings (SSSR count). The molecule has 0 fully saturated rings. The minimum atomic E-state index is -3.73. The predicted molar refractivity (Wildman–Crippen MR) is 99.3 cm³/mol. The Morgan fingerprint density at radius 3 is 2.44 bits per heavy atom. The van der Waals surface area contributed by atoms with Gasteiger partial charge in [0.2, 0.25) is 10.0 Å². The van der Waals surface area contributed by atoms with E-state index in [4.69, 9.17) is 14.2 Å². The summed E-state index contributed by atoms with van der Waals surface area (Å²) < 4.78 is 42.1. The van der Waals surface area contributed by atoms with Gasteiger partial charge in [-0.05, 0) is 36.4 Å². The first-order valence-electron chi connectivity index (χ1n) is 8.14. The Hall–Kier alpha value is -2.78. The third-order valence-electron chi connectivity index (χ3n) is 3.98. The van der Waals surface area contributed by atoms with E-state index in [1.165, 1.54) is 33.3 Å². The highest BCUT2D eigenvalue weighted by molar-refractivity contribution is 7.89. The zero-order valence-corrected chi connectivity index (χ0v) is 16.0. The van der Waals surface area contributed by atoms with E-state index in [0.717, 1.165) is 4.31 Å². The monoisotopic (exact) mass is 392 g/mol. The number of sulfonamides is 1. The summed E-state index contributed by atoms with van der Waals surface area (Å²) >= 11 is 0. The van der Waals surface area contributed by atoms with Gasteiger partial charge in [-0.25, -0.2) is 12.7 Å². The molecule has 8 nitrogen and oxygen atoms in total. The molecule has 0 aromatic heterocycles. The zero-order chi connectivity index (χ0) is 19.6. The lowest BCUT2D eigenvalue weighted by molar-refractivity contribution is 0.102. The van der Waals surface area contributed by atoms with Crippen molar-refractivity contribution in [2.45, 2.75) is 4.90 Å². The van der Waals surface area contributed by atoms with Gasteiger partial charge in [0.15, 0.2) is 11.5 Å². The highest BCUT2D eigenvalue weighted by Gasteiger charge is 2.23. The van der Waals surface area contributed by atoms with E-state index in [-0.39, 0.29) is 10.6 Å². The number of carbonyl (C=O) groups excluding carboxylic acids is 1. The minimum Gasteiger partial charge on any atom is -0.495 e. The van der Waals surface area contributed by atoms with E-state index >= 15 is 0 Å². The summed E-state index contributed by atoms with van der Waals surface area (Å²) in [6, 6.07) is 9.30. The summed E-state index contributed by atoms with van der Waals surface area (Å²) in [7, 11) is 0.504. The molecule has 144 valence electrons. The molecule has 9 heteroatoms. The number of benzene rings is 2. The highest BCUT2D eigenvalue weighted by Crippen LogP contribution is 2.32. The van der Waals surface area contributed by atoms with Crippen molar-refractivity contribution in [2.24, 2.45) is 0 Å². The first-order chi connectivity index (χ1) is 12.8. The molecule has 0 bridgehead atoms. The number of anilines is 1. The Kier molecular flexibility index (Phi) is 5.24. The lowest BCUT2D eigenvalue weighted by atomic mass is 10.1. The topological polar surface area (TPSA) is 94.2 Å². The maximum absolute atomic E-state index is 12.6. The van der Waals surface area contributed by atoms with Gasteiger partial charge in [0.25, 0.3) is 5.91 Å². The van der Waals surface area contributed by atoms with E-state index in [0.29, 0.717) is 36.0 Å². The number of ether oxygens (including phenoxy) is 3. The number of hydrogen-bond donors (Lipinski definition) is 1. The second-order valence-electron chi connectivity index (χ2n) is 5.97. The largest absolute Gasteiger partial charge is 0.495 e. The molecule has 1 aliphatic rings. The smallest absolute Gasteiger partial charge is 0.255 e. The highest BCUT2D eigenvalue weighted by atomic mass is 32.2. The fourth-order valence-electron chi connectivity index (χ4n) is 2.54. The van der Waals surface area contributed by atoms with Crippen LogP contribution in [-0.2, 0) is 10.0 Å². The fraction of sp³-hybridized carbons (Fsp3) is 0.278. The van der Waals surface area contributed by atoms with Crippen LogP contribution in [0.25, 0.3) is 0 Å². The quantitative estimate of drug-likeness (QED) is 0.836. The summed E-state index contributed by atoms with van der Waals surface area (Å²) in [6.45, 7) is 0.885. The van der Waals surface area contributed by atoms with Gasteiger partial charge in [0.1, 0.15) is 23.9 Å². The lowest BCUT2D eigenvalue weighted by Gasteiger charge is -2.19. The molecule has 2 aromatic carbocycles. The number of rotatable bonds is 5. The van der Waals surface area contributed by atoms with Crippen molar-refractivity contribution in [3.8, 4) is 17.2 Å². The Balaban J connectivity index is 1.88. The van der Waals surface area contributed by atoms with E-state index in [9.17, 15) is 13.2 Å². The lowest BCUT2D eigenvalue weighted by Crippen LogP contribution is -2.23. The molecule has 1 heterocycles. The fourth-order valence-corrected chi connectivity index (χ4v) is 3.62. The second-order valence-corrected chi connectivity index (χ2v) is 8.09. The maximum atomic E-state index is 12.6. The summed E-state index contributed by atoms with van der Waals surface area (Å²) in [5, 5.41) is 2.69. The number of amides is 1. The summed E-state index contributed by atoms with van der Waals surface area (Å²) in [6.07, 6.45) is 0. The third-order valence-corrected chi connectivity index (χ3v) is 5.82. The third kappa shape index (κ3) is 3.83. The normalized spacial score (nSPS) is 13.3.